The van der Waals surface area contributed by atoms with Gasteiger partial charge in [0.05, 0.1) is 5.52 Å². The van der Waals surface area contributed by atoms with E-state index >= 15 is 0 Å². The van der Waals surface area contributed by atoms with Gasteiger partial charge in [0.2, 0.25) is 0 Å². The van der Waals surface area contributed by atoms with Gasteiger partial charge in [-0.3, -0.25) is 4.98 Å². The van der Waals surface area contributed by atoms with Crippen LogP contribution in [0, 0.1) is 6.92 Å². The van der Waals surface area contributed by atoms with Crippen LogP contribution in [0.1, 0.15) is 44.4 Å². The summed E-state index contributed by atoms with van der Waals surface area (Å²) < 4.78 is 0. The van der Waals surface area contributed by atoms with Crippen molar-refractivity contribution in [1.29, 1.82) is 0 Å². The van der Waals surface area contributed by atoms with Crippen molar-refractivity contribution in [3.05, 3.63) is 41.6 Å². The zero-order valence-electron chi connectivity index (χ0n) is 12.9. The first kappa shape index (κ1) is 15.0. The van der Waals surface area contributed by atoms with Crippen molar-refractivity contribution >= 4 is 10.9 Å². The molecule has 2 heteroatoms. The van der Waals surface area contributed by atoms with Crippen molar-refractivity contribution < 1.29 is 0 Å². The minimum Gasteiger partial charge on any atom is -0.314 e. The van der Waals surface area contributed by atoms with E-state index in [-0.39, 0.29) is 0 Å². The van der Waals surface area contributed by atoms with Gasteiger partial charge >= 0.3 is 0 Å². The molecule has 0 saturated carbocycles. The van der Waals surface area contributed by atoms with Crippen LogP contribution in [-0.4, -0.2) is 17.6 Å². The normalized spacial score (nSPS) is 12.8. The quantitative estimate of drug-likeness (QED) is 0.813. The van der Waals surface area contributed by atoms with Gasteiger partial charge in [-0.05, 0) is 62.9 Å². The number of fused-ring (bicyclic) bond motifs is 1. The van der Waals surface area contributed by atoms with E-state index in [1.165, 1.54) is 30.2 Å². The third kappa shape index (κ3) is 4.04. The van der Waals surface area contributed by atoms with Crippen LogP contribution in [0.2, 0.25) is 0 Å². The van der Waals surface area contributed by atoms with Crippen LogP contribution in [0.4, 0.5) is 0 Å². The van der Waals surface area contributed by atoms with Crippen molar-refractivity contribution in [2.45, 2.75) is 52.5 Å². The minimum absolute atomic E-state index is 0.641. The molecule has 1 heterocycles. The molecule has 2 rings (SSSR count). The zero-order chi connectivity index (χ0) is 14.4. The molecule has 0 aliphatic rings. The fourth-order valence-electron chi connectivity index (χ4n) is 2.57. The number of hydrogen-bond donors (Lipinski definition) is 1. The summed E-state index contributed by atoms with van der Waals surface area (Å²) in [5.41, 5.74) is 3.60. The molecule has 1 aromatic carbocycles. The standard InChI is InChI=1S/C18H26N2/c1-4-12-19-17(5-2)10-7-15-8-11-18-16(13-15)9-6-14(3)20-18/h6,8-9,11,13,17,19H,4-5,7,10,12H2,1-3H3. The highest BCUT2D eigenvalue weighted by molar-refractivity contribution is 5.79. The predicted molar refractivity (Wildman–Crippen MR) is 87.2 cm³/mol. The zero-order valence-corrected chi connectivity index (χ0v) is 12.9. The maximum absolute atomic E-state index is 4.56. The molecule has 0 fully saturated rings. The predicted octanol–water partition coefficient (Wildman–Crippen LogP) is 4.25. The lowest BCUT2D eigenvalue weighted by Gasteiger charge is -2.16. The summed E-state index contributed by atoms with van der Waals surface area (Å²) in [5, 5.41) is 4.87. The van der Waals surface area contributed by atoms with Crippen LogP contribution >= 0.6 is 0 Å². The Bertz CT molecular complexity index is 548. The molecule has 1 unspecified atom stereocenters. The molecule has 1 N–H and O–H groups in total. The van der Waals surface area contributed by atoms with E-state index < -0.39 is 0 Å². The molecule has 0 bridgehead atoms. The van der Waals surface area contributed by atoms with Crippen molar-refractivity contribution in [1.82, 2.24) is 10.3 Å². The third-order valence-electron chi connectivity index (χ3n) is 3.85. The average Bonchev–Trinajstić information content (AvgIpc) is 2.47. The Labute approximate surface area is 122 Å². The van der Waals surface area contributed by atoms with Gasteiger partial charge in [-0.25, -0.2) is 0 Å². The van der Waals surface area contributed by atoms with E-state index in [2.05, 4.69) is 54.5 Å². The Morgan fingerprint density at radius 3 is 2.75 bits per heavy atom. The number of rotatable bonds is 7. The van der Waals surface area contributed by atoms with E-state index in [0.717, 1.165) is 24.2 Å². The smallest absolute Gasteiger partial charge is 0.0705 e. The van der Waals surface area contributed by atoms with Crippen LogP contribution in [0.5, 0.6) is 0 Å². The highest BCUT2D eigenvalue weighted by Gasteiger charge is 2.06. The molecule has 1 aromatic heterocycles. The second-order valence-corrected chi connectivity index (χ2v) is 5.58. The molecule has 108 valence electrons. The van der Waals surface area contributed by atoms with E-state index in [0.29, 0.717) is 6.04 Å². The molecule has 0 spiro atoms. The molecule has 1 atom stereocenters. The van der Waals surface area contributed by atoms with Gasteiger partial charge in [-0.15, -0.1) is 0 Å². The monoisotopic (exact) mass is 270 g/mol. The highest BCUT2D eigenvalue weighted by Crippen LogP contribution is 2.16. The van der Waals surface area contributed by atoms with Crippen LogP contribution in [0.15, 0.2) is 30.3 Å². The van der Waals surface area contributed by atoms with Crippen molar-refractivity contribution in [3.63, 3.8) is 0 Å². The highest BCUT2D eigenvalue weighted by atomic mass is 14.9. The summed E-state index contributed by atoms with van der Waals surface area (Å²) >= 11 is 0. The first-order valence-corrected chi connectivity index (χ1v) is 7.82. The van der Waals surface area contributed by atoms with Crippen molar-refractivity contribution in [2.75, 3.05) is 6.54 Å². The largest absolute Gasteiger partial charge is 0.314 e. The van der Waals surface area contributed by atoms with E-state index in [1.54, 1.807) is 0 Å². The first-order chi connectivity index (χ1) is 9.72. The second-order valence-electron chi connectivity index (χ2n) is 5.58. The number of aromatic nitrogens is 1. The van der Waals surface area contributed by atoms with Crippen molar-refractivity contribution in [2.24, 2.45) is 0 Å². The maximum Gasteiger partial charge on any atom is 0.0705 e. The Morgan fingerprint density at radius 1 is 1.15 bits per heavy atom. The van der Waals surface area contributed by atoms with Gasteiger partial charge in [0.25, 0.3) is 0 Å². The number of pyridine rings is 1. The van der Waals surface area contributed by atoms with E-state index in [4.69, 9.17) is 0 Å². The lowest BCUT2D eigenvalue weighted by molar-refractivity contribution is 0.468. The van der Waals surface area contributed by atoms with Gasteiger partial charge in [-0.1, -0.05) is 26.0 Å². The fraction of sp³-hybridized carbons (Fsp3) is 0.500. The Kier molecular flexibility index (Phi) is 5.54. The first-order valence-electron chi connectivity index (χ1n) is 7.82. The number of nitrogens with zero attached hydrogens (tertiary/aromatic N) is 1. The molecule has 20 heavy (non-hydrogen) atoms. The number of hydrogen-bond acceptors (Lipinski definition) is 2. The molecular weight excluding hydrogens is 244 g/mol. The van der Waals surface area contributed by atoms with E-state index in [1.807, 2.05) is 6.92 Å². The summed E-state index contributed by atoms with van der Waals surface area (Å²) in [5.74, 6) is 0. The average molecular weight is 270 g/mol. The summed E-state index contributed by atoms with van der Waals surface area (Å²) in [6.07, 6.45) is 4.76. The summed E-state index contributed by atoms with van der Waals surface area (Å²) in [6, 6.07) is 11.6. The van der Waals surface area contributed by atoms with Gasteiger partial charge in [0, 0.05) is 17.1 Å². The summed E-state index contributed by atoms with van der Waals surface area (Å²) in [7, 11) is 0. The second kappa shape index (κ2) is 7.39. The Balaban J connectivity index is 2.00. The fourth-order valence-corrected chi connectivity index (χ4v) is 2.57. The Hall–Kier alpha value is -1.41. The van der Waals surface area contributed by atoms with Crippen LogP contribution in [0.3, 0.4) is 0 Å². The molecule has 0 amide bonds. The van der Waals surface area contributed by atoms with Crippen LogP contribution in [0.25, 0.3) is 10.9 Å². The number of aryl methyl sites for hydroxylation is 2. The molecule has 0 aliphatic heterocycles. The molecule has 0 aliphatic carbocycles. The number of nitrogens with one attached hydrogen (secondary N) is 1. The van der Waals surface area contributed by atoms with Gasteiger partial charge < -0.3 is 5.32 Å². The minimum atomic E-state index is 0.641. The van der Waals surface area contributed by atoms with Gasteiger partial charge in [0.1, 0.15) is 0 Å². The van der Waals surface area contributed by atoms with Gasteiger partial charge in [0.15, 0.2) is 0 Å². The Morgan fingerprint density at radius 2 is 2.00 bits per heavy atom. The molecular formula is C18H26N2. The number of benzene rings is 1. The maximum atomic E-state index is 4.56. The summed E-state index contributed by atoms with van der Waals surface area (Å²) in [6.45, 7) is 7.65. The molecule has 0 saturated heterocycles. The van der Waals surface area contributed by atoms with E-state index in [9.17, 15) is 0 Å². The lowest BCUT2D eigenvalue weighted by Crippen LogP contribution is -2.29. The summed E-state index contributed by atoms with van der Waals surface area (Å²) in [4.78, 5) is 4.56. The topological polar surface area (TPSA) is 24.9 Å². The molecule has 0 radical (unpaired) electrons. The van der Waals surface area contributed by atoms with Crippen LogP contribution in [-0.2, 0) is 6.42 Å². The molecule has 2 aromatic rings. The lowest BCUT2D eigenvalue weighted by atomic mass is 10.0. The molecule has 2 nitrogen and oxygen atoms in total. The third-order valence-corrected chi connectivity index (χ3v) is 3.85. The van der Waals surface area contributed by atoms with Crippen molar-refractivity contribution in [3.8, 4) is 0 Å². The van der Waals surface area contributed by atoms with Gasteiger partial charge in [-0.2, -0.15) is 0 Å². The SMILES string of the molecule is CCCNC(CC)CCc1ccc2nc(C)ccc2c1. The van der Waals surface area contributed by atoms with Crippen LogP contribution < -0.4 is 5.32 Å².